The minimum Gasteiger partial charge on any atom is -0.456 e. The molecule has 0 aliphatic heterocycles. The summed E-state index contributed by atoms with van der Waals surface area (Å²) >= 11 is 0. The maximum Gasteiger partial charge on any atom is 0.384 e. The second-order valence-electron chi connectivity index (χ2n) is 2.08. The fourth-order valence-corrected chi connectivity index (χ4v) is 0.581. The van der Waals surface area contributed by atoms with E-state index < -0.39 is 5.97 Å². The van der Waals surface area contributed by atoms with Crippen molar-refractivity contribution in [3.63, 3.8) is 0 Å². The fourth-order valence-electron chi connectivity index (χ4n) is 0.581. The van der Waals surface area contributed by atoms with E-state index >= 15 is 0 Å². The first kappa shape index (κ1) is 10.6. The molecular weight excluding hydrogens is 152 g/mol. The van der Waals surface area contributed by atoms with Gasteiger partial charge in [-0.15, -0.1) is 12.3 Å². The predicted molar refractivity (Wildman–Crippen MR) is 47.1 cm³/mol. The summed E-state index contributed by atoms with van der Waals surface area (Å²) in [4.78, 5) is 10.6. The Morgan fingerprint density at radius 1 is 1.50 bits per heavy atom. The number of hydrogen-bond donors (Lipinski definition) is 0. The highest BCUT2D eigenvalue weighted by Crippen LogP contribution is 1.90. The van der Waals surface area contributed by atoms with E-state index in [4.69, 9.17) is 6.42 Å². The van der Waals surface area contributed by atoms with Crippen molar-refractivity contribution in [2.24, 2.45) is 0 Å². The number of carbonyl (C=O) groups excluding carboxylic acids is 1. The molecule has 0 radical (unpaired) electrons. The first-order valence-corrected chi connectivity index (χ1v) is 3.90. The Bertz CT molecular complexity index is 224. The molecule has 0 aromatic carbocycles. The van der Waals surface area contributed by atoms with Crippen LogP contribution in [-0.2, 0) is 9.53 Å². The molecule has 0 bridgehead atoms. The van der Waals surface area contributed by atoms with Crippen LogP contribution in [0.2, 0.25) is 0 Å². The van der Waals surface area contributed by atoms with E-state index in [0.717, 1.165) is 6.42 Å². The Hall–Kier alpha value is -1.41. The third kappa shape index (κ3) is 6.71. The molecule has 0 aromatic rings. The lowest BCUT2D eigenvalue weighted by Crippen LogP contribution is -1.99. The lowest BCUT2D eigenvalue weighted by atomic mass is 10.2. The molecule has 2 nitrogen and oxygen atoms in total. The summed E-state index contributed by atoms with van der Waals surface area (Å²) in [5, 5.41) is 0. The zero-order valence-corrected chi connectivity index (χ0v) is 7.22. The van der Waals surface area contributed by atoms with Crippen LogP contribution in [0.3, 0.4) is 0 Å². The summed E-state index contributed by atoms with van der Waals surface area (Å²) in [6.45, 7) is 2.12. The Morgan fingerprint density at radius 2 is 2.25 bits per heavy atom. The van der Waals surface area contributed by atoms with Crippen molar-refractivity contribution >= 4 is 5.97 Å². The zero-order chi connectivity index (χ0) is 9.23. The van der Waals surface area contributed by atoms with Gasteiger partial charge in [0.15, 0.2) is 0 Å². The second kappa shape index (κ2) is 7.69. The molecule has 0 saturated carbocycles. The van der Waals surface area contributed by atoms with Gasteiger partial charge in [-0.3, -0.25) is 0 Å². The highest BCUT2D eigenvalue weighted by Gasteiger charge is 1.90. The van der Waals surface area contributed by atoms with Crippen LogP contribution in [0.25, 0.3) is 0 Å². The van der Waals surface area contributed by atoms with Crippen LogP contribution in [-0.4, -0.2) is 12.6 Å². The van der Waals surface area contributed by atoms with Gasteiger partial charge in [0, 0.05) is 18.8 Å². The smallest absolute Gasteiger partial charge is 0.384 e. The van der Waals surface area contributed by atoms with Gasteiger partial charge < -0.3 is 4.74 Å². The largest absolute Gasteiger partial charge is 0.456 e. The predicted octanol–water partition coefficient (Wildman–Crippen LogP) is 1.36. The zero-order valence-electron chi connectivity index (χ0n) is 7.22. The van der Waals surface area contributed by atoms with E-state index in [9.17, 15) is 4.79 Å². The van der Waals surface area contributed by atoms with Crippen molar-refractivity contribution in [2.45, 2.75) is 26.2 Å². The van der Waals surface area contributed by atoms with Crippen molar-refractivity contribution in [3.8, 4) is 24.2 Å². The molecule has 12 heavy (non-hydrogen) atoms. The molecule has 0 aromatic heterocycles. The van der Waals surface area contributed by atoms with Crippen LogP contribution in [0.5, 0.6) is 0 Å². The number of rotatable bonds is 3. The van der Waals surface area contributed by atoms with Crippen molar-refractivity contribution in [3.05, 3.63) is 0 Å². The first-order chi connectivity index (χ1) is 5.81. The monoisotopic (exact) mass is 164 g/mol. The summed E-state index contributed by atoms with van der Waals surface area (Å²) in [6, 6.07) is 0. The van der Waals surface area contributed by atoms with Crippen LogP contribution in [0, 0.1) is 24.2 Å². The maximum absolute atomic E-state index is 10.6. The van der Waals surface area contributed by atoms with Gasteiger partial charge in [-0.25, -0.2) is 4.79 Å². The van der Waals surface area contributed by atoms with Gasteiger partial charge in [-0.05, 0) is 13.3 Å². The molecule has 0 rings (SSSR count). The molecule has 0 aliphatic carbocycles. The van der Waals surface area contributed by atoms with E-state index in [1.165, 1.54) is 0 Å². The molecule has 0 fully saturated rings. The van der Waals surface area contributed by atoms with Crippen molar-refractivity contribution in [2.75, 3.05) is 6.61 Å². The highest BCUT2D eigenvalue weighted by atomic mass is 16.5. The molecular formula is C10H12O2. The molecule has 0 amide bonds. The van der Waals surface area contributed by atoms with Crippen LogP contribution >= 0.6 is 0 Å². The standard InChI is InChI=1S/C10H12O2/c1-3-5-6-7-8-9-10(11)12-4-2/h1H,4-7H2,2H3. The molecule has 0 N–H and O–H groups in total. The average molecular weight is 164 g/mol. The van der Waals surface area contributed by atoms with Crippen molar-refractivity contribution in [1.29, 1.82) is 0 Å². The number of ether oxygens (including phenoxy) is 1. The summed E-state index contributed by atoms with van der Waals surface area (Å²) in [5.74, 6) is 7.08. The topological polar surface area (TPSA) is 26.3 Å². The van der Waals surface area contributed by atoms with E-state index in [-0.39, 0.29) is 0 Å². The minimum atomic E-state index is -0.460. The molecule has 0 aliphatic rings. The molecule has 2 heteroatoms. The van der Waals surface area contributed by atoms with Crippen molar-refractivity contribution in [1.82, 2.24) is 0 Å². The Kier molecular flexibility index (Phi) is 6.79. The molecule has 0 atom stereocenters. The third-order valence-corrected chi connectivity index (χ3v) is 1.09. The Labute approximate surface area is 73.3 Å². The van der Waals surface area contributed by atoms with E-state index in [2.05, 4.69) is 22.5 Å². The minimum absolute atomic E-state index is 0.373. The lowest BCUT2D eigenvalue weighted by molar-refractivity contribution is -0.136. The fraction of sp³-hybridized carbons (Fsp3) is 0.500. The van der Waals surface area contributed by atoms with E-state index in [0.29, 0.717) is 19.4 Å². The quantitative estimate of drug-likeness (QED) is 0.272. The average Bonchev–Trinajstić information content (AvgIpc) is 2.05. The molecule has 0 unspecified atom stereocenters. The van der Waals surface area contributed by atoms with Gasteiger partial charge in [-0.2, -0.15) is 0 Å². The third-order valence-electron chi connectivity index (χ3n) is 1.09. The number of terminal acetylenes is 1. The van der Waals surface area contributed by atoms with Crippen LogP contribution in [0.15, 0.2) is 0 Å². The summed E-state index contributed by atoms with van der Waals surface area (Å²) in [7, 11) is 0. The lowest BCUT2D eigenvalue weighted by Gasteiger charge is -1.90. The summed E-state index contributed by atoms with van der Waals surface area (Å²) in [5.41, 5.74) is 0. The second-order valence-corrected chi connectivity index (χ2v) is 2.08. The van der Waals surface area contributed by atoms with E-state index in [1.807, 2.05) is 0 Å². The summed E-state index contributed by atoms with van der Waals surface area (Å²) < 4.78 is 4.60. The number of esters is 1. The van der Waals surface area contributed by atoms with Crippen LogP contribution in [0.4, 0.5) is 0 Å². The molecule has 0 spiro atoms. The van der Waals surface area contributed by atoms with Gasteiger partial charge in [-0.1, -0.05) is 5.92 Å². The number of carbonyl (C=O) groups is 1. The summed E-state index contributed by atoms with van der Waals surface area (Å²) in [6.07, 6.45) is 7.23. The molecule has 0 saturated heterocycles. The van der Waals surface area contributed by atoms with Gasteiger partial charge >= 0.3 is 5.97 Å². The maximum atomic E-state index is 10.6. The first-order valence-electron chi connectivity index (χ1n) is 3.90. The normalized spacial score (nSPS) is 7.67. The Morgan fingerprint density at radius 3 is 2.83 bits per heavy atom. The number of unbranched alkanes of at least 4 members (excludes halogenated alkanes) is 2. The number of hydrogen-bond acceptors (Lipinski definition) is 2. The van der Waals surface area contributed by atoms with Gasteiger partial charge in [0.25, 0.3) is 0 Å². The SMILES string of the molecule is C#CCCCC#CC(=O)OCC. The van der Waals surface area contributed by atoms with Crippen LogP contribution in [0.1, 0.15) is 26.2 Å². The van der Waals surface area contributed by atoms with Gasteiger partial charge in [0.2, 0.25) is 0 Å². The van der Waals surface area contributed by atoms with Crippen LogP contribution < -0.4 is 0 Å². The highest BCUT2D eigenvalue weighted by molar-refractivity contribution is 5.88. The van der Waals surface area contributed by atoms with Gasteiger partial charge in [0.1, 0.15) is 0 Å². The Balaban J connectivity index is 3.46. The van der Waals surface area contributed by atoms with E-state index in [1.54, 1.807) is 6.92 Å². The van der Waals surface area contributed by atoms with Gasteiger partial charge in [0.05, 0.1) is 6.61 Å². The van der Waals surface area contributed by atoms with Crippen molar-refractivity contribution < 1.29 is 9.53 Å². The molecule has 0 heterocycles. The molecule has 64 valence electrons.